The van der Waals surface area contributed by atoms with Crippen molar-refractivity contribution in [2.75, 3.05) is 18.2 Å². The van der Waals surface area contributed by atoms with Gasteiger partial charge in [-0.25, -0.2) is 4.98 Å². The Balaban J connectivity index is 1.28. The van der Waals surface area contributed by atoms with Gasteiger partial charge in [-0.3, -0.25) is 9.36 Å². The van der Waals surface area contributed by atoms with Crippen LogP contribution in [0.4, 0.5) is 5.13 Å². The average Bonchev–Trinajstić information content (AvgIpc) is 3.64. The molecular weight excluding hydrogens is 470 g/mol. The molecule has 0 spiro atoms. The number of amides is 1. The lowest BCUT2D eigenvalue weighted by Crippen LogP contribution is -2.14. The van der Waals surface area contributed by atoms with Gasteiger partial charge in [-0.05, 0) is 48.5 Å². The number of para-hydroxylation sites is 1. The number of anilines is 1. The highest BCUT2D eigenvalue weighted by molar-refractivity contribution is 7.99. The second-order valence-electron chi connectivity index (χ2n) is 7.06. The molecule has 0 aliphatic carbocycles. The number of nitrogens with one attached hydrogen (secondary N) is 1. The Morgan fingerprint density at radius 1 is 1.09 bits per heavy atom. The van der Waals surface area contributed by atoms with E-state index in [1.165, 1.54) is 23.1 Å². The molecule has 0 radical (unpaired) electrons. The number of furan rings is 1. The van der Waals surface area contributed by atoms with Crippen LogP contribution in [0.5, 0.6) is 5.75 Å². The Morgan fingerprint density at radius 2 is 1.91 bits per heavy atom. The minimum atomic E-state index is -0.178. The number of thioether (sulfide) groups is 1. The number of carbonyl (C=O) groups is 1. The van der Waals surface area contributed by atoms with E-state index in [-0.39, 0.29) is 11.7 Å². The maximum absolute atomic E-state index is 12.6. The predicted molar refractivity (Wildman–Crippen MR) is 133 cm³/mol. The average molecular weight is 490 g/mol. The van der Waals surface area contributed by atoms with Gasteiger partial charge in [0.25, 0.3) is 0 Å². The van der Waals surface area contributed by atoms with Crippen molar-refractivity contribution in [3.63, 3.8) is 0 Å². The maximum Gasteiger partial charge on any atom is 0.236 e. The molecule has 5 aromatic rings. The third-order valence-electron chi connectivity index (χ3n) is 4.86. The van der Waals surface area contributed by atoms with Crippen molar-refractivity contribution in [2.24, 2.45) is 0 Å². The first kappa shape index (κ1) is 21.9. The summed E-state index contributed by atoms with van der Waals surface area (Å²) in [5, 5.41) is 14.5. The van der Waals surface area contributed by atoms with Crippen LogP contribution in [-0.2, 0) is 4.79 Å². The summed E-state index contributed by atoms with van der Waals surface area (Å²) in [6.07, 6.45) is 1.59. The van der Waals surface area contributed by atoms with Crippen molar-refractivity contribution < 1.29 is 13.9 Å². The van der Waals surface area contributed by atoms with Crippen LogP contribution in [0.1, 0.15) is 0 Å². The summed E-state index contributed by atoms with van der Waals surface area (Å²) >= 11 is 2.67. The monoisotopic (exact) mass is 489 g/mol. The molecular formula is C24H19N5O3S2. The van der Waals surface area contributed by atoms with Crippen molar-refractivity contribution in [2.45, 2.75) is 5.16 Å². The normalized spacial score (nSPS) is 10.9. The first-order chi connectivity index (χ1) is 16.7. The molecule has 0 aliphatic rings. The molecule has 10 heteroatoms. The SMILES string of the molecule is COc1ccc(-c2csc(NC(=O)CSc3nnc(-c4ccco4)n3-c3ccccc3)n2)cc1. The summed E-state index contributed by atoms with van der Waals surface area (Å²) in [5.41, 5.74) is 2.63. The van der Waals surface area contributed by atoms with E-state index in [0.717, 1.165) is 22.7 Å². The van der Waals surface area contributed by atoms with E-state index in [4.69, 9.17) is 9.15 Å². The number of hydrogen-bond donors (Lipinski definition) is 1. The number of nitrogens with zero attached hydrogens (tertiary/aromatic N) is 4. The Labute approximate surface area is 203 Å². The third-order valence-corrected chi connectivity index (χ3v) is 6.54. The van der Waals surface area contributed by atoms with Gasteiger partial charge >= 0.3 is 0 Å². The quantitative estimate of drug-likeness (QED) is 0.292. The minimum Gasteiger partial charge on any atom is -0.497 e. The fourth-order valence-electron chi connectivity index (χ4n) is 3.25. The summed E-state index contributed by atoms with van der Waals surface area (Å²) in [6, 6.07) is 21.0. The summed E-state index contributed by atoms with van der Waals surface area (Å²) in [7, 11) is 1.63. The Bertz CT molecular complexity index is 1380. The van der Waals surface area contributed by atoms with E-state index in [9.17, 15) is 4.79 Å². The van der Waals surface area contributed by atoms with Gasteiger partial charge in [0.1, 0.15) is 5.75 Å². The second-order valence-corrected chi connectivity index (χ2v) is 8.86. The summed E-state index contributed by atoms with van der Waals surface area (Å²) < 4.78 is 12.6. The van der Waals surface area contributed by atoms with Crippen LogP contribution in [0.3, 0.4) is 0 Å². The van der Waals surface area contributed by atoms with Gasteiger partial charge in [-0.15, -0.1) is 21.5 Å². The van der Waals surface area contributed by atoms with E-state index >= 15 is 0 Å². The molecule has 170 valence electrons. The van der Waals surface area contributed by atoms with Crippen LogP contribution in [0.2, 0.25) is 0 Å². The molecule has 3 heterocycles. The van der Waals surface area contributed by atoms with Crippen molar-refractivity contribution in [3.05, 3.63) is 78.4 Å². The zero-order valence-corrected chi connectivity index (χ0v) is 19.7. The second kappa shape index (κ2) is 9.94. The maximum atomic E-state index is 12.6. The molecule has 3 aromatic heterocycles. The van der Waals surface area contributed by atoms with Crippen molar-refractivity contribution in [1.29, 1.82) is 0 Å². The Hall–Kier alpha value is -3.89. The number of carbonyl (C=O) groups excluding carboxylic acids is 1. The van der Waals surface area contributed by atoms with E-state index in [0.29, 0.717) is 21.9 Å². The van der Waals surface area contributed by atoms with Gasteiger partial charge in [0.15, 0.2) is 16.0 Å². The molecule has 0 saturated carbocycles. The zero-order chi connectivity index (χ0) is 23.3. The van der Waals surface area contributed by atoms with Crippen LogP contribution in [0.15, 0.2) is 87.9 Å². The standard InChI is InChI=1S/C24H19N5O3S2/c1-31-18-11-9-16(10-12-18)19-14-33-23(25-19)26-21(30)15-34-24-28-27-22(20-8-5-13-32-20)29(24)17-6-3-2-4-7-17/h2-14H,15H2,1H3,(H,25,26,30). The van der Waals surface area contributed by atoms with E-state index < -0.39 is 0 Å². The highest BCUT2D eigenvalue weighted by Gasteiger charge is 2.19. The van der Waals surface area contributed by atoms with Crippen molar-refractivity contribution in [1.82, 2.24) is 19.7 Å². The van der Waals surface area contributed by atoms with E-state index in [2.05, 4.69) is 20.5 Å². The minimum absolute atomic E-state index is 0.153. The fraction of sp³-hybridized carbons (Fsp3) is 0.0833. The first-order valence-electron chi connectivity index (χ1n) is 10.3. The number of ether oxygens (including phenoxy) is 1. The predicted octanol–water partition coefficient (Wildman–Crippen LogP) is 5.39. The molecule has 5 rings (SSSR count). The van der Waals surface area contributed by atoms with Gasteiger partial charge in [0.2, 0.25) is 11.7 Å². The molecule has 1 amide bonds. The smallest absolute Gasteiger partial charge is 0.236 e. The van der Waals surface area contributed by atoms with Gasteiger partial charge in [0.05, 0.1) is 24.8 Å². The van der Waals surface area contributed by atoms with Crippen LogP contribution >= 0.6 is 23.1 Å². The third kappa shape index (κ3) is 4.73. The van der Waals surface area contributed by atoms with Gasteiger partial charge in [-0.1, -0.05) is 30.0 Å². The fourth-order valence-corrected chi connectivity index (χ4v) is 4.74. The van der Waals surface area contributed by atoms with Crippen LogP contribution in [-0.4, -0.2) is 38.5 Å². The van der Waals surface area contributed by atoms with Gasteiger partial charge < -0.3 is 14.5 Å². The molecule has 1 N–H and O–H groups in total. The van der Waals surface area contributed by atoms with E-state index in [1.807, 2.05) is 70.6 Å². The van der Waals surface area contributed by atoms with Crippen LogP contribution in [0.25, 0.3) is 28.5 Å². The molecule has 34 heavy (non-hydrogen) atoms. The molecule has 0 saturated heterocycles. The molecule has 0 aliphatic heterocycles. The topological polar surface area (TPSA) is 95.1 Å². The molecule has 8 nitrogen and oxygen atoms in total. The van der Waals surface area contributed by atoms with Gasteiger partial charge in [0, 0.05) is 16.6 Å². The summed E-state index contributed by atoms with van der Waals surface area (Å²) in [5.74, 6) is 1.93. The van der Waals surface area contributed by atoms with E-state index in [1.54, 1.807) is 19.4 Å². The number of rotatable bonds is 8. The number of aromatic nitrogens is 4. The zero-order valence-electron chi connectivity index (χ0n) is 18.0. The van der Waals surface area contributed by atoms with Crippen molar-refractivity contribution in [3.8, 4) is 34.3 Å². The number of thiazole rings is 1. The summed E-state index contributed by atoms with van der Waals surface area (Å²) in [6.45, 7) is 0. The first-order valence-corrected chi connectivity index (χ1v) is 12.1. The largest absolute Gasteiger partial charge is 0.497 e. The van der Waals surface area contributed by atoms with Crippen LogP contribution < -0.4 is 10.1 Å². The molecule has 0 unspecified atom stereocenters. The lowest BCUT2D eigenvalue weighted by Gasteiger charge is -2.08. The van der Waals surface area contributed by atoms with Gasteiger partial charge in [-0.2, -0.15) is 0 Å². The Morgan fingerprint density at radius 3 is 2.65 bits per heavy atom. The number of benzene rings is 2. The lowest BCUT2D eigenvalue weighted by molar-refractivity contribution is -0.113. The Kier molecular flexibility index (Phi) is 6.41. The number of methoxy groups -OCH3 is 1. The highest BCUT2D eigenvalue weighted by Crippen LogP contribution is 2.29. The molecule has 2 aromatic carbocycles. The molecule has 0 fully saturated rings. The number of hydrogen-bond acceptors (Lipinski definition) is 8. The molecule has 0 bridgehead atoms. The summed E-state index contributed by atoms with van der Waals surface area (Å²) in [4.78, 5) is 17.2. The van der Waals surface area contributed by atoms with Crippen LogP contribution in [0, 0.1) is 0 Å². The van der Waals surface area contributed by atoms with Crippen molar-refractivity contribution >= 4 is 34.1 Å². The highest BCUT2D eigenvalue weighted by atomic mass is 32.2. The lowest BCUT2D eigenvalue weighted by atomic mass is 10.2. The molecule has 0 atom stereocenters.